The highest BCUT2D eigenvalue weighted by Gasteiger charge is 2.45. The summed E-state index contributed by atoms with van der Waals surface area (Å²) in [5, 5.41) is 11.8. The minimum atomic E-state index is -0.746. The van der Waals surface area contributed by atoms with E-state index >= 15 is 0 Å². The molecular weight excluding hydrogens is 401 g/mol. The second-order valence-corrected chi connectivity index (χ2v) is 7.23. The van der Waals surface area contributed by atoms with Crippen molar-refractivity contribution in [1.29, 1.82) is 0 Å². The Bertz CT molecular complexity index is 953. The highest BCUT2D eigenvalue weighted by molar-refractivity contribution is 6.47. The summed E-state index contributed by atoms with van der Waals surface area (Å²) in [5.74, 6) is -1.26. The molecule has 1 amide bonds. The van der Waals surface area contributed by atoms with Gasteiger partial charge in [-0.3, -0.25) is 9.59 Å². The molecule has 3 rings (SSSR count). The number of nitrogens with zero attached hydrogens (tertiary/aromatic N) is 1. The van der Waals surface area contributed by atoms with Crippen LogP contribution in [-0.4, -0.2) is 35.4 Å². The number of ether oxygens (including phenoxy) is 1. The van der Waals surface area contributed by atoms with Gasteiger partial charge in [0.2, 0.25) is 0 Å². The predicted molar refractivity (Wildman–Crippen MR) is 109 cm³/mol. The van der Waals surface area contributed by atoms with Crippen LogP contribution in [0.3, 0.4) is 0 Å². The Morgan fingerprint density at radius 1 is 1.14 bits per heavy atom. The molecule has 1 saturated heterocycles. The molecule has 1 aliphatic heterocycles. The van der Waals surface area contributed by atoms with Crippen molar-refractivity contribution in [1.82, 2.24) is 4.90 Å². The van der Waals surface area contributed by atoms with Crippen LogP contribution in [0.2, 0.25) is 10.0 Å². The lowest BCUT2D eigenvalue weighted by molar-refractivity contribution is -0.139. The van der Waals surface area contributed by atoms with Crippen LogP contribution >= 0.6 is 23.2 Å². The van der Waals surface area contributed by atoms with Crippen molar-refractivity contribution in [2.75, 3.05) is 13.7 Å². The third-order valence-electron chi connectivity index (χ3n) is 4.62. The van der Waals surface area contributed by atoms with Crippen LogP contribution < -0.4 is 4.74 Å². The lowest BCUT2D eigenvalue weighted by atomic mass is 9.95. The summed E-state index contributed by atoms with van der Waals surface area (Å²) in [7, 11) is 1.49. The van der Waals surface area contributed by atoms with E-state index in [9.17, 15) is 14.7 Å². The average molecular weight is 420 g/mol. The number of rotatable bonds is 5. The average Bonchev–Trinajstić information content (AvgIpc) is 2.94. The molecule has 0 bridgehead atoms. The van der Waals surface area contributed by atoms with E-state index in [-0.39, 0.29) is 21.9 Å². The first kappa shape index (κ1) is 20.2. The zero-order chi connectivity index (χ0) is 20.4. The number of aliphatic hydroxyl groups is 1. The minimum Gasteiger partial charge on any atom is -0.507 e. The Kier molecular flexibility index (Phi) is 5.96. The van der Waals surface area contributed by atoms with Gasteiger partial charge in [-0.05, 0) is 42.3 Å². The van der Waals surface area contributed by atoms with Gasteiger partial charge in [-0.1, -0.05) is 42.3 Å². The zero-order valence-electron chi connectivity index (χ0n) is 15.4. The molecule has 0 saturated carbocycles. The SMILES string of the molecule is CCCN1C(=O)C(=O)/C(=C(/O)c2cc(OC)ccc2Cl)C1c1ccc(Cl)cc1. The van der Waals surface area contributed by atoms with Crippen molar-refractivity contribution in [3.8, 4) is 5.75 Å². The van der Waals surface area contributed by atoms with E-state index in [2.05, 4.69) is 0 Å². The number of ketones is 1. The predicted octanol–water partition coefficient (Wildman–Crippen LogP) is 4.83. The van der Waals surface area contributed by atoms with Crippen LogP contribution in [0.15, 0.2) is 48.0 Å². The number of carbonyl (C=O) groups excluding carboxylic acids is 2. The topological polar surface area (TPSA) is 66.8 Å². The largest absolute Gasteiger partial charge is 0.507 e. The Hall–Kier alpha value is -2.50. The first-order valence-corrected chi connectivity index (χ1v) is 9.52. The van der Waals surface area contributed by atoms with E-state index in [4.69, 9.17) is 27.9 Å². The molecule has 28 heavy (non-hydrogen) atoms. The van der Waals surface area contributed by atoms with E-state index in [1.165, 1.54) is 18.1 Å². The molecule has 146 valence electrons. The minimum absolute atomic E-state index is 0.00377. The molecule has 1 unspecified atom stereocenters. The number of halogens is 2. The number of hydrogen-bond acceptors (Lipinski definition) is 4. The molecule has 0 spiro atoms. The molecule has 7 heteroatoms. The van der Waals surface area contributed by atoms with E-state index in [1.54, 1.807) is 36.4 Å². The molecule has 2 aromatic carbocycles. The van der Waals surface area contributed by atoms with Gasteiger partial charge in [-0.2, -0.15) is 0 Å². The first-order valence-electron chi connectivity index (χ1n) is 8.76. The van der Waals surface area contributed by atoms with Crippen molar-refractivity contribution in [2.45, 2.75) is 19.4 Å². The Labute approximate surface area is 173 Å². The van der Waals surface area contributed by atoms with Crippen LogP contribution in [0.1, 0.15) is 30.5 Å². The summed E-state index contributed by atoms with van der Waals surface area (Å²) in [4.78, 5) is 26.9. The maximum Gasteiger partial charge on any atom is 0.295 e. The third kappa shape index (κ3) is 3.60. The van der Waals surface area contributed by atoms with Crippen LogP contribution in [0, 0.1) is 0 Å². The second-order valence-electron chi connectivity index (χ2n) is 6.39. The van der Waals surface area contributed by atoms with Gasteiger partial charge in [0, 0.05) is 17.1 Å². The number of Topliss-reactive ketones (excluding diaryl/α,β-unsaturated/α-hetero) is 1. The zero-order valence-corrected chi connectivity index (χ0v) is 16.9. The van der Waals surface area contributed by atoms with E-state index < -0.39 is 17.7 Å². The first-order chi connectivity index (χ1) is 13.4. The Balaban J connectivity index is 2.22. The maximum atomic E-state index is 12.8. The molecular formula is C21H19Cl2NO4. The van der Waals surface area contributed by atoms with Gasteiger partial charge in [-0.25, -0.2) is 0 Å². The smallest absolute Gasteiger partial charge is 0.295 e. The summed E-state index contributed by atoms with van der Waals surface area (Å²) < 4.78 is 5.19. The summed E-state index contributed by atoms with van der Waals surface area (Å²) in [6.45, 7) is 2.29. The molecule has 0 aliphatic carbocycles. The molecule has 1 heterocycles. The fourth-order valence-electron chi connectivity index (χ4n) is 3.30. The highest BCUT2D eigenvalue weighted by atomic mass is 35.5. The monoisotopic (exact) mass is 419 g/mol. The fraction of sp³-hybridized carbons (Fsp3) is 0.238. The molecule has 1 N–H and O–H groups in total. The van der Waals surface area contributed by atoms with E-state index in [0.717, 1.165) is 0 Å². The summed E-state index contributed by atoms with van der Waals surface area (Å²) in [6.07, 6.45) is 0.664. The maximum absolute atomic E-state index is 12.8. The standard InChI is InChI=1S/C21H19Cl2NO4/c1-3-10-24-18(12-4-6-13(22)7-5-12)17(20(26)21(24)27)19(25)15-11-14(28-2)8-9-16(15)23/h4-9,11,18,25H,3,10H2,1-2H3/b19-17+. The lowest BCUT2D eigenvalue weighted by Crippen LogP contribution is -2.30. The highest BCUT2D eigenvalue weighted by Crippen LogP contribution is 2.41. The van der Waals surface area contributed by atoms with Crippen molar-refractivity contribution in [3.63, 3.8) is 0 Å². The van der Waals surface area contributed by atoms with Crippen molar-refractivity contribution >= 4 is 40.7 Å². The molecule has 5 nitrogen and oxygen atoms in total. The number of methoxy groups -OCH3 is 1. The van der Waals surface area contributed by atoms with E-state index in [0.29, 0.717) is 29.3 Å². The molecule has 2 aromatic rings. The summed E-state index contributed by atoms with van der Waals surface area (Å²) in [5.41, 5.74) is 0.906. The fourth-order valence-corrected chi connectivity index (χ4v) is 3.63. The number of amides is 1. The van der Waals surface area contributed by atoms with Crippen LogP contribution in [0.4, 0.5) is 0 Å². The van der Waals surface area contributed by atoms with Gasteiger partial charge >= 0.3 is 0 Å². The summed E-state index contributed by atoms with van der Waals surface area (Å²) in [6, 6.07) is 10.9. The Morgan fingerprint density at radius 2 is 1.82 bits per heavy atom. The molecule has 0 aromatic heterocycles. The van der Waals surface area contributed by atoms with E-state index in [1.807, 2.05) is 6.92 Å². The van der Waals surface area contributed by atoms with Crippen molar-refractivity contribution < 1.29 is 19.4 Å². The number of aliphatic hydroxyl groups excluding tert-OH is 1. The van der Waals surface area contributed by atoms with Crippen LogP contribution in [0.25, 0.3) is 5.76 Å². The van der Waals surface area contributed by atoms with Gasteiger partial charge < -0.3 is 14.7 Å². The molecule has 1 aliphatic rings. The molecule has 0 radical (unpaired) electrons. The van der Waals surface area contributed by atoms with Crippen LogP contribution in [-0.2, 0) is 9.59 Å². The number of likely N-dealkylation sites (tertiary alicyclic amines) is 1. The lowest BCUT2D eigenvalue weighted by Gasteiger charge is -2.25. The summed E-state index contributed by atoms with van der Waals surface area (Å²) >= 11 is 12.2. The van der Waals surface area contributed by atoms with Gasteiger partial charge in [0.25, 0.3) is 11.7 Å². The molecule has 1 fully saturated rings. The molecule has 1 atom stereocenters. The van der Waals surface area contributed by atoms with Gasteiger partial charge in [0.1, 0.15) is 11.5 Å². The quantitative estimate of drug-likeness (QED) is 0.427. The number of benzene rings is 2. The van der Waals surface area contributed by atoms with Gasteiger partial charge in [0.05, 0.1) is 23.7 Å². The van der Waals surface area contributed by atoms with Crippen LogP contribution in [0.5, 0.6) is 5.75 Å². The van der Waals surface area contributed by atoms with Crippen molar-refractivity contribution in [2.24, 2.45) is 0 Å². The normalized spacial score (nSPS) is 18.6. The number of carbonyl (C=O) groups is 2. The van der Waals surface area contributed by atoms with Gasteiger partial charge in [-0.15, -0.1) is 0 Å². The Morgan fingerprint density at radius 3 is 2.43 bits per heavy atom. The van der Waals surface area contributed by atoms with Crippen molar-refractivity contribution in [3.05, 3.63) is 69.2 Å². The third-order valence-corrected chi connectivity index (χ3v) is 5.20. The second kappa shape index (κ2) is 8.25. The van der Waals surface area contributed by atoms with Gasteiger partial charge in [0.15, 0.2) is 0 Å². The number of hydrogen-bond donors (Lipinski definition) is 1.